The van der Waals surface area contributed by atoms with Gasteiger partial charge in [-0.2, -0.15) is 0 Å². The highest BCUT2D eigenvalue weighted by Crippen LogP contribution is 2.56. The minimum absolute atomic E-state index is 0.206. The molecule has 0 radical (unpaired) electrons. The maximum absolute atomic E-state index is 11.7. The molecule has 3 heteroatoms. The van der Waals surface area contributed by atoms with Crippen molar-refractivity contribution >= 4 is 5.97 Å². The summed E-state index contributed by atoms with van der Waals surface area (Å²) in [6.45, 7) is 6.22. The van der Waals surface area contributed by atoms with Gasteiger partial charge in [-0.1, -0.05) is 33.6 Å². The summed E-state index contributed by atoms with van der Waals surface area (Å²) >= 11 is 0. The number of unbranched alkanes of at least 4 members (excludes halogenated alkanes) is 1. The first kappa shape index (κ1) is 12.5. The number of carbonyl (C=O) groups excluding carboxylic acids is 1. The molecule has 88 valence electrons. The van der Waals surface area contributed by atoms with E-state index in [1.165, 1.54) is 7.11 Å². The Morgan fingerprint density at radius 2 is 1.93 bits per heavy atom. The molecule has 1 aliphatic heterocycles. The van der Waals surface area contributed by atoms with Crippen LogP contribution in [-0.4, -0.2) is 24.3 Å². The van der Waals surface area contributed by atoms with E-state index in [9.17, 15) is 4.79 Å². The van der Waals surface area contributed by atoms with Crippen LogP contribution in [0.1, 0.15) is 52.9 Å². The molecule has 2 unspecified atom stereocenters. The lowest BCUT2D eigenvalue weighted by Crippen LogP contribution is -2.34. The van der Waals surface area contributed by atoms with Crippen LogP contribution in [0.3, 0.4) is 0 Å². The zero-order valence-electron chi connectivity index (χ0n) is 10.3. The van der Waals surface area contributed by atoms with Gasteiger partial charge in [0.05, 0.1) is 7.11 Å². The lowest BCUT2D eigenvalue weighted by molar-refractivity contribution is -0.147. The SMILES string of the molecule is CCCCC1(CC)OC1(CC)C(=O)OC. The maximum Gasteiger partial charge on any atom is 0.341 e. The van der Waals surface area contributed by atoms with E-state index in [4.69, 9.17) is 9.47 Å². The molecule has 0 aromatic carbocycles. The summed E-state index contributed by atoms with van der Waals surface area (Å²) in [4.78, 5) is 11.7. The number of ether oxygens (including phenoxy) is 2. The molecule has 0 aliphatic carbocycles. The predicted molar refractivity (Wildman–Crippen MR) is 58.7 cm³/mol. The number of esters is 1. The first-order chi connectivity index (χ1) is 7.12. The molecule has 0 aromatic rings. The quantitative estimate of drug-likeness (QED) is 0.504. The van der Waals surface area contributed by atoms with E-state index in [2.05, 4.69) is 13.8 Å². The summed E-state index contributed by atoms with van der Waals surface area (Å²) in [6.07, 6.45) is 4.79. The Bertz CT molecular complexity index is 239. The summed E-state index contributed by atoms with van der Waals surface area (Å²) < 4.78 is 10.6. The Hall–Kier alpha value is -0.570. The second kappa shape index (κ2) is 4.52. The monoisotopic (exact) mass is 214 g/mol. The van der Waals surface area contributed by atoms with Gasteiger partial charge >= 0.3 is 5.97 Å². The van der Waals surface area contributed by atoms with Crippen LogP contribution in [0.2, 0.25) is 0 Å². The molecule has 1 aliphatic rings. The Morgan fingerprint density at radius 1 is 1.27 bits per heavy atom. The largest absolute Gasteiger partial charge is 0.467 e. The van der Waals surface area contributed by atoms with E-state index in [1.54, 1.807) is 0 Å². The van der Waals surface area contributed by atoms with Crippen LogP contribution in [0.4, 0.5) is 0 Å². The van der Waals surface area contributed by atoms with Crippen molar-refractivity contribution in [3.63, 3.8) is 0 Å². The molecular formula is C12H22O3. The predicted octanol–water partition coefficient (Wildman–Crippen LogP) is 2.68. The Morgan fingerprint density at radius 3 is 2.33 bits per heavy atom. The van der Waals surface area contributed by atoms with E-state index in [1.807, 2.05) is 6.92 Å². The number of methoxy groups -OCH3 is 1. The van der Waals surface area contributed by atoms with Crippen molar-refractivity contribution in [3.8, 4) is 0 Å². The van der Waals surface area contributed by atoms with Crippen molar-refractivity contribution in [1.29, 1.82) is 0 Å². The number of rotatable bonds is 6. The third-order valence-corrected chi connectivity index (χ3v) is 3.58. The molecule has 0 N–H and O–H groups in total. The first-order valence-electron chi connectivity index (χ1n) is 5.91. The Balaban J connectivity index is 2.74. The molecule has 0 saturated carbocycles. The molecule has 1 heterocycles. The van der Waals surface area contributed by atoms with Gasteiger partial charge in [-0.25, -0.2) is 4.79 Å². The molecule has 0 amide bonds. The van der Waals surface area contributed by atoms with Crippen molar-refractivity contribution in [1.82, 2.24) is 0 Å². The second-order valence-electron chi connectivity index (χ2n) is 4.23. The molecule has 1 rings (SSSR count). The summed E-state index contributed by atoms with van der Waals surface area (Å²) in [5.41, 5.74) is -0.892. The zero-order chi connectivity index (χ0) is 11.5. The smallest absolute Gasteiger partial charge is 0.341 e. The van der Waals surface area contributed by atoms with E-state index < -0.39 is 5.60 Å². The van der Waals surface area contributed by atoms with E-state index in [-0.39, 0.29) is 11.6 Å². The van der Waals surface area contributed by atoms with Crippen LogP contribution < -0.4 is 0 Å². The van der Waals surface area contributed by atoms with Crippen molar-refractivity contribution in [2.24, 2.45) is 0 Å². The third kappa shape index (κ3) is 1.78. The molecule has 0 spiro atoms. The van der Waals surface area contributed by atoms with Gasteiger partial charge in [0.15, 0.2) is 5.60 Å². The third-order valence-electron chi connectivity index (χ3n) is 3.58. The molecule has 1 fully saturated rings. The second-order valence-corrected chi connectivity index (χ2v) is 4.23. The fourth-order valence-corrected chi connectivity index (χ4v) is 2.49. The topological polar surface area (TPSA) is 38.8 Å². The van der Waals surface area contributed by atoms with Crippen LogP contribution in [0.25, 0.3) is 0 Å². The minimum atomic E-state index is -0.647. The van der Waals surface area contributed by atoms with Crippen LogP contribution >= 0.6 is 0 Å². The van der Waals surface area contributed by atoms with E-state index >= 15 is 0 Å². The van der Waals surface area contributed by atoms with Crippen LogP contribution in [0.5, 0.6) is 0 Å². The summed E-state index contributed by atoms with van der Waals surface area (Å²) in [7, 11) is 1.43. The van der Waals surface area contributed by atoms with Crippen molar-refractivity contribution in [3.05, 3.63) is 0 Å². The van der Waals surface area contributed by atoms with Gasteiger partial charge in [-0.15, -0.1) is 0 Å². The van der Waals surface area contributed by atoms with Gasteiger partial charge < -0.3 is 9.47 Å². The molecule has 0 bridgehead atoms. The Kier molecular flexibility index (Phi) is 3.77. The minimum Gasteiger partial charge on any atom is -0.467 e. The van der Waals surface area contributed by atoms with Crippen molar-refractivity contribution in [2.45, 2.75) is 64.1 Å². The average Bonchev–Trinajstić information content (AvgIpc) is 2.95. The van der Waals surface area contributed by atoms with Gasteiger partial charge in [0.1, 0.15) is 5.60 Å². The highest BCUT2D eigenvalue weighted by molar-refractivity contribution is 5.84. The highest BCUT2D eigenvalue weighted by Gasteiger charge is 2.72. The van der Waals surface area contributed by atoms with Gasteiger partial charge in [0, 0.05) is 0 Å². The molecule has 3 nitrogen and oxygen atoms in total. The van der Waals surface area contributed by atoms with Crippen LogP contribution in [-0.2, 0) is 14.3 Å². The van der Waals surface area contributed by atoms with Gasteiger partial charge in [-0.3, -0.25) is 0 Å². The van der Waals surface area contributed by atoms with E-state index in [0.717, 1.165) is 25.7 Å². The fourth-order valence-electron chi connectivity index (χ4n) is 2.49. The fraction of sp³-hybridized carbons (Fsp3) is 0.917. The molecular weight excluding hydrogens is 192 g/mol. The lowest BCUT2D eigenvalue weighted by atomic mass is 9.84. The van der Waals surface area contributed by atoms with Crippen molar-refractivity contribution in [2.75, 3.05) is 7.11 Å². The van der Waals surface area contributed by atoms with Gasteiger partial charge in [0.25, 0.3) is 0 Å². The van der Waals surface area contributed by atoms with E-state index in [0.29, 0.717) is 6.42 Å². The number of hydrogen-bond acceptors (Lipinski definition) is 3. The summed E-state index contributed by atoms with van der Waals surface area (Å²) in [5.74, 6) is -0.206. The Labute approximate surface area is 92.1 Å². The zero-order valence-corrected chi connectivity index (χ0v) is 10.3. The number of carbonyl (C=O) groups is 1. The summed E-state index contributed by atoms with van der Waals surface area (Å²) in [6, 6.07) is 0. The first-order valence-corrected chi connectivity index (χ1v) is 5.91. The molecule has 0 aromatic heterocycles. The maximum atomic E-state index is 11.7. The number of epoxide rings is 1. The molecule has 15 heavy (non-hydrogen) atoms. The van der Waals surface area contributed by atoms with Crippen LogP contribution in [0, 0.1) is 0 Å². The van der Waals surface area contributed by atoms with Crippen LogP contribution in [0.15, 0.2) is 0 Å². The average molecular weight is 214 g/mol. The number of hydrogen-bond donors (Lipinski definition) is 0. The standard InChI is InChI=1S/C12H22O3/c1-5-8-9-11(6-2)12(7-3,15-11)10(13)14-4/h5-9H2,1-4H3. The normalized spacial score (nSPS) is 33.9. The highest BCUT2D eigenvalue weighted by atomic mass is 16.7. The lowest BCUT2D eigenvalue weighted by Gasteiger charge is -2.15. The van der Waals surface area contributed by atoms with Gasteiger partial charge in [-0.05, 0) is 19.3 Å². The summed E-state index contributed by atoms with van der Waals surface area (Å²) in [5, 5.41) is 0. The van der Waals surface area contributed by atoms with Crippen molar-refractivity contribution < 1.29 is 14.3 Å². The van der Waals surface area contributed by atoms with Gasteiger partial charge in [0.2, 0.25) is 0 Å². The molecule has 1 saturated heterocycles. The molecule has 2 atom stereocenters.